The topological polar surface area (TPSA) is 47.9 Å². The zero-order valence-corrected chi connectivity index (χ0v) is 32.6. The van der Waals surface area contributed by atoms with E-state index in [0.717, 1.165) is 62.9 Å². The van der Waals surface area contributed by atoms with E-state index in [4.69, 9.17) is 19.7 Å². The van der Waals surface area contributed by atoms with Gasteiger partial charge in [0.1, 0.15) is 11.5 Å². The number of nitrogens with zero attached hydrogens (tertiary/aromatic N) is 3. The van der Waals surface area contributed by atoms with Gasteiger partial charge in [-0.25, -0.2) is 15.0 Å². The molecule has 0 radical (unpaired) electrons. The van der Waals surface area contributed by atoms with Crippen molar-refractivity contribution in [3.05, 3.63) is 215 Å². The number of fused-ring (bicyclic) bond motifs is 16. The number of rotatable bonds is 3. The molecule has 0 fully saturated rings. The van der Waals surface area contributed by atoms with Gasteiger partial charge in [0, 0.05) is 22.3 Å². The summed E-state index contributed by atoms with van der Waals surface area (Å²) in [7, 11) is 0. The van der Waals surface area contributed by atoms with E-state index in [0.29, 0.717) is 17.5 Å². The highest BCUT2D eigenvalue weighted by molar-refractivity contribution is 6.15. The molecule has 1 atom stereocenters. The van der Waals surface area contributed by atoms with Crippen LogP contribution in [-0.2, 0) is 11.8 Å². The zero-order chi connectivity index (χ0) is 39.4. The van der Waals surface area contributed by atoms with Crippen LogP contribution in [0.1, 0.15) is 39.8 Å². The Morgan fingerprint density at radius 2 is 1.08 bits per heavy atom. The third kappa shape index (κ3) is 4.59. The number of hydrogen-bond donors (Lipinski definition) is 0. The highest BCUT2D eigenvalue weighted by Crippen LogP contribution is 2.64. The predicted octanol–water partition coefficient (Wildman–Crippen LogP) is 13.8. The van der Waals surface area contributed by atoms with E-state index in [9.17, 15) is 0 Å². The number of benzene rings is 9. The van der Waals surface area contributed by atoms with Crippen LogP contribution in [0, 0.1) is 0 Å². The van der Waals surface area contributed by atoms with E-state index in [1.54, 1.807) is 0 Å². The monoisotopic (exact) mass is 765 g/mol. The maximum absolute atomic E-state index is 7.17. The summed E-state index contributed by atoms with van der Waals surface area (Å²) in [5.74, 6) is 3.38. The van der Waals surface area contributed by atoms with Gasteiger partial charge in [-0.15, -0.1) is 0 Å². The molecule has 1 unspecified atom stereocenters. The molecule has 1 aliphatic heterocycles. The average molecular weight is 766 g/mol. The number of allylic oxidation sites excluding steroid dienone is 1. The second kappa shape index (κ2) is 12.7. The van der Waals surface area contributed by atoms with Crippen LogP contribution in [-0.4, -0.2) is 15.0 Å². The van der Waals surface area contributed by atoms with Crippen LogP contribution >= 0.6 is 0 Å². The van der Waals surface area contributed by atoms with E-state index >= 15 is 0 Å². The lowest BCUT2D eigenvalue weighted by Gasteiger charge is -2.40. The Morgan fingerprint density at radius 3 is 1.98 bits per heavy atom. The Labute approximate surface area is 347 Å². The number of para-hydroxylation sites is 2. The van der Waals surface area contributed by atoms with Gasteiger partial charge < -0.3 is 4.74 Å². The Hall–Kier alpha value is -7.69. The molecule has 3 aliphatic rings. The quantitative estimate of drug-likeness (QED) is 0.168. The molecule has 9 aromatic carbocycles. The molecule has 13 rings (SSSR count). The maximum atomic E-state index is 7.17. The van der Waals surface area contributed by atoms with E-state index in [1.807, 2.05) is 18.2 Å². The molecule has 0 saturated heterocycles. The molecule has 4 heteroatoms. The lowest BCUT2D eigenvalue weighted by molar-refractivity contribution is 0.438. The lowest BCUT2D eigenvalue weighted by Crippen LogP contribution is -2.32. The molecule has 1 spiro atoms. The maximum Gasteiger partial charge on any atom is 0.167 e. The zero-order valence-electron chi connectivity index (χ0n) is 32.6. The Kier molecular flexibility index (Phi) is 7.02. The number of aromatic nitrogens is 3. The fourth-order valence-corrected chi connectivity index (χ4v) is 10.5. The molecule has 0 saturated carbocycles. The standard InChI is InChI=1S/C56H35N3O/c1-2-17-35(18-3-1)53-57-54(42-26-14-19-34-16-4-5-20-36(34)42)59-55(58-53)43-27-15-30-49-52(43)60-51-31-13-12-29-48(51)56(49)47-28-11-10-25-41(47)46-32-44-39-23-8-6-21-37(39)38-22-7-9-24-40(38)45(44)33-50(46)56/h1-6,8-21,23-33H,7,22H2. The van der Waals surface area contributed by atoms with Crippen LogP contribution in [0.25, 0.3) is 83.7 Å². The second-order valence-electron chi connectivity index (χ2n) is 16.1. The molecule has 2 aliphatic carbocycles. The summed E-state index contributed by atoms with van der Waals surface area (Å²) < 4.78 is 7.17. The molecular formula is C56H35N3O. The molecule has 10 aromatic rings. The number of aryl methyl sites for hydroxylation is 1. The van der Waals surface area contributed by atoms with Crippen molar-refractivity contribution in [1.82, 2.24) is 15.0 Å². The van der Waals surface area contributed by atoms with Crippen LogP contribution in [0.2, 0.25) is 0 Å². The summed E-state index contributed by atoms with van der Waals surface area (Å²) in [4.78, 5) is 15.7. The van der Waals surface area contributed by atoms with Crippen molar-refractivity contribution in [1.29, 1.82) is 0 Å². The first-order valence-electron chi connectivity index (χ1n) is 20.7. The van der Waals surface area contributed by atoms with Gasteiger partial charge in [0.2, 0.25) is 0 Å². The molecule has 0 N–H and O–H groups in total. The highest BCUT2D eigenvalue weighted by atomic mass is 16.5. The van der Waals surface area contributed by atoms with Gasteiger partial charge in [-0.2, -0.15) is 0 Å². The number of hydrogen-bond acceptors (Lipinski definition) is 4. The van der Waals surface area contributed by atoms with Crippen LogP contribution in [0.5, 0.6) is 11.5 Å². The fraction of sp³-hybridized carbons (Fsp3) is 0.0536. The Bertz CT molecular complexity index is 3470. The average Bonchev–Trinajstić information content (AvgIpc) is 3.60. The van der Waals surface area contributed by atoms with Gasteiger partial charge in [0.25, 0.3) is 0 Å². The third-order valence-corrected chi connectivity index (χ3v) is 13.0. The van der Waals surface area contributed by atoms with Gasteiger partial charge in [0.05, 0.1) is 11.0 Å². The smallest absolute Gasteiger partial charge is 0.167 e. The van der Waals surface area contributed by atoms with Crippen molar-refractivity contribution in [2.75, 3.05) is 0 Å². The lowest BCUT2D eigenvalue weighted by atomic mass is 9.65. The van der Waals surface area contributed by atoms with Crippen molar-refractivity contribution in [3.8, 4) is 56.8 Å². The van der Waals surface area contributed by atoms with Crippen LogP contribution in [0.4, 0.5) is 0 Å². The highest BCUT2D eigenvalue weighted by Gasteiger charge is 2.52. The van der Waals surface area contributed by atoms with Gasteiger partial charge in [0.15, 0.2) is 17.5 Å². The normalized spacial score (nSPS) is 15.7. The summed E-state index contributed by atoms with van der Waals surface area (Å²) in [6.07, 6.45) is 6.78. The Morgan fingerprint density at radius 1 is 0.433 bits per heavy atom. The van der Waals surface area contributed by atoms with E-state index < -0.39 is 5.41 Å². The van der Waals surface area contributed by atoms with Crippen LogP contribution < -0.4 is 4.74 Å². The Balaban J connectivity index is 1.12. The van der Waals surface area contributed by atoms with Crippen molar-refractivity contribution in [2.24, 2.45) is 0 Å². The van der Waals surface area contributed by atoms with Crippen molar-refractivity contribution in [3.63, 3.8) is 0 Å². The van der Waals surface area contributed by atoms with E-state index in [-0.39, 0.29) is 0 Å². The van der Waals surface area contributed by atoms with Crippen molar-refractivity contribution >= 4 is 38.4 Å². The molecule has 4 nitrogen and oxygen atoms in total. The molecule has 60 heavy (non-hydrogen) atoms. The minimum Gasteiger partial charge on any atom is -0.456 e. The first-order valence-corrected chi connectivity index (χ1v) is 20.7. The first-order chi connectivity index (χ1) is 29.8. The molecule has 0 bridgehead atoms. The summed E-state index contributed by atoms with van der Waals surface area (Å²) in [6, 6.07) is 62.9. The summed E-state index contributed by atoms with van der Waals surface area (Å²) in [5.41, 5.74) is 12.0. The minimum atomic E-state index is -0.676. The molecular weight excluding hydrogens is 731 g/mol. The first kappa shape index (κ1) is 33.3. The van der Waals surface area contributed by atoms with E-state index in [1.165, 1.54) is 54.9 Å². The SMILES string of the molecule is C1=Cc2c(c3ccccc3c3cc4c(cc23)C2(c3ccccc3Oc3c(-c5nc(-c6ccccc6)nc(-c6cccc7ccccc67)n5)cccc32)c2ccccc2-4)CC1. The fourth-order valence-electron chi connectivity index (χ4n) is 10.5. The van der Waals surface area contributed by atoms with Crippen molar-refractivity contribution < 1.29 is 4.74 Å². The van der Waals surface area contributed by atoms with Gasteiger partial charge >= 0.3 is 0 Å². The molecule has 2 heterocycles. The summed E-state index contributed by atoms with van der Waals surface area (Å²) in [5, 5.41) is 7.46. The van der Waals surface area contributed by atoms with Crippen LogP contribution in [0.15, 0.2) is 182 Å². The minimum absolute atomic E-state index is 0.564. The van der Waals surface area contributed by atoms with Gasteiger partial charge in [-0.05, 0) is 103 Å². The van der Waals surface area contributed by atoms with Crippen molar-refractivity contribution in [2.45, 2.75) is 18.3 Å². The summed E-state index contributed by atoms with van der Waals surface area (Å²) in [6.45, 7) is 0. The third-order valence-electron chi connectivity index (χ3n) is 13.0. The van der Waals surface area contributed by atoms with Gasteiger partial charge in [-0.1, -0.05) is 164 Å². The van der Waals surface area contributed by atoms with Crippen LogP contribution in [0.3, 0.4) is 0 Å². The summed E-state index contributed by atoms with van der Waals surface area (Å²) >= 11 is 0. The molecule has 1 aromatic heterocycles. The molecule has 0 amide bonds. The number of ether oxygens (including phenoxy) is 1. The predicted molar refractivity (Wildman–Crippen MR) is 243 cm³/mol. The van der Waals surface area contributed by atoms with Gasteiger partial charge in [-0.3, -0.25) is 0 Å². The second-order valence-corrected chi connectivity index (χ2v) is 16.1. The largest absolute Gasteiger partial charge is 0.456 e. The molecule has 280 valence electrons. The van der Waals surface area contributed by atoms with E-state index in [2.05, 4.69) is 170 Å².